The van der Waals surface area contributed by atoms with E-state index >= 15 is 4.39 Å². The fraction of sp³-hybridized carbons (Fsp3) is 0.278. The second-order valence-electron chi connectivity index (χ2n) is 11.2. The van der Waals surface area contributed by atoms with Gasteiger partial charge in [-0.15, -0.1) is 0 Å². The van der Waals surface area contributed by atoms with E-state index in [0.717, 1.165) is 21.0 Å². The summed E-state index contributed by atoms with van der Waals surface area (Å²) in [6.45, 7) is 6.76. The first-order valence-electron chi connectivity index (χ1n) is 15.0. The highest BCUT2D eigenvalue weighted by Crippen LogP contribution is 2.27. The van der Waals surface area contributed by atoms with Crippen molar-refractivity contribution in [2.75, 3.05) is 10.8 Å². The largest absolute Gasteiger partial charge is 0.352 e. The van der Waals surface area contributed by atoms with Gasteiger partial charge in [0.15, 0.2) is 0 Å². The summed E-state index contributed by atoms with van der Waals surface area (Å²) >= 11 is 0. The quantitative estimate of drug-likeness (QED) is 0.191. The Hall–Kier alpha value is -4.50. The maximum Gasteiger partial charge on any atom is 0.264 e. The maximum absolute atomic E-state index is 15.0. The molecule has 236 valence electrons. The van der Waals surface area contributed by atoms with Crippen molar-refractivity contribution in [3.05, 3.63) is 131 Å². The predicted molar refractivity (Wildman–Crippen MR) is 176 cm³/mol. The maximum atomic E-state index is 15.0. The second kappa shape index (κ2) is 15.0. The van der Waals surface area contributed by atoms with Gasteiger partial charge < -0.3 is 10.2 Å². The molecule has 0 saturated heterocycles. The lowest BCUT2D eigenvalue weighted by molar-refractivity contribution is -0.140. The fourth-order valence-corrected chi connectivity index (χ4v) is 6.36. The number of rotatable bonds is 13. The summed E-state index contributed by atoms with van der Waals surface area (Å²) in [5.41, 5.74) is 3.14. The monoisotopic (exact) mass is 629 g/mol. The second-order valence-corrected chi connectivity index (χ2v) is 13.1. The molecular weight excluding hydrogens is 589 g/mol. The molecule has 0 bridgehead atoms. The summed E-state index contributed by atoms with van der Waals surface area (Å²) in [7, 11) is -4.21. The molecule has 0 aliphatic heterocycles. The molecule has 0 aromatic heterocycles. The number of benzene rings is 4. The molecule has 9 heteroatoms. The molecule has 0 aliphatic carbocycles. The highest BCUT2D eigenvalue weighted by molar-refractivity contribution is 7.92. The van der Waals surface area contributed by atoms with Gasteiger partial charge in [0, 0.05) is 24.6 Å². The molecular formula is C36H40FN3O4S. The van der Waals surface area contributed by atoms with Crippen LogP contribution in [0.25, 0.3) is 0 Å². The Labute approximate surface area is 265 Å². The summed E-state index contributed by atoms with van der Waals surface area (Å²) in [6.07, 6.45) is 0.819. The minimum absolute atomic E-state index is 0.0204. The first-order valence-corrected chi connectivity index (χ1v) is 16.5. The molecule has 0 saturated carbocycles. The van der Waals surface area contributed by atoms with Crippen LogP contribution in [0.2, 0.25) is 0 Å². The number of nitrogens with zero attached hydrogens (tertiary/aromatic N) is 2. The van der Waals surface area contributed by atoms with Crippen molar-refractivity contribution in [1.29, 1.82) is 0 Å². The minimum Gasteiger partial charge on any atom is -0.352 e. The molecule has 45 heavy (non-hydrogen) atoms. The first kappa shape index (κ1) is 33.4. The highest BCUT2D eigenvalue weighted by Gasteiger charge is 2.35. The van der Waals surface area contributed by atoms with Gasteiger partial charge in [0.1, 0.15) is 18.4 Å². The molecule has 0 spiro atoms. The molecule has 1 N–H and O–H groups in total. The number of carbonyl (C=O) groups excluding carboxylic acids is 2. The Balaban J connectivity index is 1.83. The van der Waals surface area contributed by atoms with Crippen molar-refractivity contribution >= 4 is 27.5 Å². The van der Waals surface area contributed by atoms with Crippen molar-refractivity contribution in [2.24, 2.45) is 0 Å². The summed E-state index contributed by atoms with van der Waals surface area (Å²) in [5.74, 6) is -1.57. The number of aryl methyl sites for hydroxylation is 2. The van der Waals surface area contributed by atoms with E-state index in [9.17, 15) is 18.0 Å². The fourth-order valence-electron chi connectivity index (χ4n) is 4.93. The van der Waals surface area contributed by atoms with Gasteiger partial charge in [-0.2, -0.15) is 0 Å². The number of carbonyl (C=O) groups is 2. The Morgan fingerprint density at radius 2 is 1.47 bits per heavy atom. The van der Waals surface area contributed by atoms with Crippen LogP contribution in [0.15, 0.2) is 108 Å². The predicted octanol–water partition coefficient (Wildman–Crippen LogP) is 6.19. The molecule has 7 nitrogen and oxygen atoms in total. The van der Waals surface area contributed by atoms with Gasteiger partial charge in [-0.1, -0.05) is 79.7 Å². The summed E-state index contributed by atoms with van der Waals surface area (Å²) < 4.78 is 44.3. The van der Waals surface area contributed by atoms with E-state index < -0.39 is 40.2 Å². The summed E-state index contributed by atoms with van der Waals surface area (Å²) in [6, 6.07) is 27.2. The van der Waals surface area contributed by atoms with E-state index in [-0.39, 0.29) is 29.5 Å². The lowest BCUT2D eigenvalue weighted by Gasteiger charge is -2.34. The van der Waals surface area contributed by atoms with E-state index in [0.29, 0.717) is 12.1 Å². The van der Waals surface area contributed by atoms with Gasteiger partial charge in [0.25, 0.3) is 10.0 Å². The van der Waals surface area contributed by atoms with E-state index in [1.807, 2.05) is 58.0 Å². The Morgan fingerprint density at radius 1 is 0.844 bits per heavy atom. The summed E-state index contributed by atoms with van der Waals surface area (Å²) in [5, 5.41) is 2.98. The van der Waals surface area contributed by atoms with Crippen LogP contribution >= 0.6 is 0 Å². The Kier molecular flexibility index (Phi) is 11.1. The van der Waals surface area contributed by atoms with E-state index in [1.54, 1.807) is 54.6 Å². The molecule has 2 atom stereocenters. The van der Waals surface area contributed by atoms with E-state index in [1.165, 1.54) is 23.1 Å². The lowest BCUT2D eigenvalue weighted by Crippen LogP contribution is -2.54. The number of halogens is 1. The molecule has 4 aromatic rings. The van der Waals surface area contributed by atoms with E-state index in [2.05, 4.69) is 5.32 Å². The van der Waals surface area contributed by atoms with Crippen LogP contribution in [-0.4, -0.2) is 43.8 Å². The highest BCUT2D eigenvalue weighted by atomic mass is 32.2. The third-order valence-electron chi connectivity index (χ3n) is 7.96. The molecule has 0 heterocycles. The van der Waals surface area contributed by atoms with Gasteiger partial charge in [0.2, 0.25) is 11.8 Å². The number of nitrogens with one attached hydrogen (secondary N) is 1. The number of hydrogen-bond acceptors (Lipinski definition) is 4. The number of hydrogen-bond donors (Lipinski definition) is 1. The van der Waals surface area contributed by atoms with Crippen LogP contribution < -0.4 is 9.62 Å². The zero-order chi connectivity index (χ0) is 32.6. The number of amides is 2. The molecule has 4 aromatic carbocycles. The minimum atomic E-state index is -4.21. The van der Waals surface area contributed by atoms with E-state index in [4.69, 9.17) is 0 Å². The normalized spacial score (nSPS) is 12.6. The van der Waals surface area contributed by atoms with Crippen molar-refractivity contribution in [1.82, 2.24) is 10.2 Å². The van der Waals surface area contributed by atoms with Gasteiger partial charge in [-0.3, -0.25) is 13.9 Å². The molecule has 4 rings (SSSR count). The van der Waals surface area contributed by atoms with Gasteiger partial charge in [-0.05, 0) is 74.2 Å². The third-order valence-corrected chi connectivity index (χ3v) is 9.75. The number of sulfonamides is 1. The Morgan fingerprint density at radius 3 is 2.09 bits per heavy atom. The van der Waals surface area contributed by atoms with Crippen LogP contribution in [0.1, 0.15) is 42.5 Å². The molecule has 0 radical (unpaired) electrons. The Bertz CT molecular complexity index is 1720. The third kappa shape index (κ3) is 8.36. The smallest absolute Gasteiger partial charge is 0.264 e. The molecule has 0 aliphatic rings. The average molecular weight is 630 g/mol. The summed E-state index contributed by atoms with van der Waals surface area (Å²) in [4.78, 5) is 29.7. The standard InChI is InChI=1S/C36H40FN3O4S/c1-5-28(4)38-36(42)34(23-29-14-8-6-9-15-29)39(24-30-16-12-13-19-33(30)37)35(41)25-40(31-21-20-26(2)27(3)22-31)45(43,44)32-17-10-7-11-18-32/h6-22,28,34H,5,23-25H2,1-4H3,(H,38,42). The van der Waals surface area contributed by atoms with Gasteiger partial charge in [0.05, 0.1) is 10.6 Å². The van der Waals surface area contributed by atoms with Crippen molar-refractivity contribution in [3.8, 4) is 0 Å². The zero-order valence-corrected chi connectivity index (χ0v) is 26.9. The van der Waals surface area contributed by atoms with Crippen LogP contribution in [0, 0.1) is 19.7 Å². The number of anilines is 1. The molecule has 0 fully saturated rings. The molecule has 2 amide bonds. The van der Waals surface area contributed by atoms with Crippen LogP contribution in [0.5, 0.6) is 0 Å². The topological polar surface area (TPSA) is 86.8 Å². The van der Waals surface area contributed by atoms with Crippen molar-refractivity contribution < 1.29 is 22.4 Å². The zero-order valence-electron chi connectivity index (χ0n) is 26.1. The first-order chi connectivity index (χ1) is 21.5. The van der Waals surface area contributed by atoms with Crippen LogP contribution in [0.4, 0.5) is 10.1 Å². The van der Waals surface area contributed by atoms with Gasteiger partial charge in [-0.25, -0.2) is 12.8 Å². The average Bonchev–Trinajstić information content (AvgIpc) is 3.04. The van der Waals surface area contributed by atoms with Crippen molar-refractivity contribution in [2.45, 2.75) is 64.1 Å². The SMILES string of the molecule is CCC(C)NC(=O)C(Cc1ccccc1)N(Cc1ccccc1F)C(=O)CN(c1ccc(C)c(C)c1)S(=O)(=O)c1ccccc1. The van der Waals surface area contributed by atoms with Crippen LogP contribution in [0.3, 0.4) is 0 Å². The molecule has 2 unspecified atom stereocenters. The van der Waals surface area contributed by atoms with Crippen LogP contribution in [-0.2, 0) is 32.6 Å². The van der Waals surface area contributed by atoms with Crippen molar-refractivity contribution in [3.63, 3.8) is 0 Å². The van der Waals surface area contributed by atoms with Gasteiger partial charge >= 0.3 is 0 Å². The lowest BCUT2D eigenvalue weighted by atomic mass is 10.0.